The van der Waals surface area contributed by atoms with E-state index >= 15 is 0 Å². The van der Waals surface area contributed by atoms with Gasteiger partial charge in [0.05, 0.1) is 11.3 Å². The summed E-state index contributed by atoms with van der Waals surface area (Å²) in [5.74, 6) is -0.586. The minimum atomic E-state index is -0.586. The number of carbonyl (C=O) groups excluding carboxylic acids is 1. The first-order chi connectivity index (χ1) is 7.00. The second-order valence-corrected chi connectivity index (χ2v) is 3.63. The van der Waals surface area contributed by atoms with Crippen LogP contribution < -0.4 is 5.73 Å². The number of rotatable bonds is 1. The molecule has 0 aliphatic rings. The molecular formula is C9H9ClN4O. The Labute approximate surface area is 90.8 Å². The number of amides is 1. The molecule has 0 spiro atoms. The molecule has 2 aromatic heterocycles. The standard InChI is InChI=1S/C9H9ClN4O/c1-4-5-3-6(8(11)15)7(10)12-9(5)14(2)13-4/h3H,1-2H3,(H2,11,15). The van der Waals surface area contributed by atoms with Crippen LogP contribution in [0.2, 0.25) is 5.15 Å². The van der Waals surface area contributed by atoms with Gasteiger partial charge in [-0.1, -0.05) is 11.6 Å². The van der Waals surface area contributed by atoms with Crippen molar-refractivity contribution in [1.82, 2.24) is 14.8 Å². The van der Waals surface area contributed by atoms with Crippen molar-refractivity contribution in [2.45, 2.75) is 6.92 Å². The number of fused-ring (bicyclic) bond motifs is 1. The number of halogens is 1. The van der Waals surface area contributed by atoms with Crippen molar-refractivity contribution < 1.29 is 4.79 Å². The molecule has 0 aromatic carbocycles. The zero-order valence-electron chi connectivity index (χ0n) is 8.28. The molecule has 0 saturated carbocycles. The highest BCUT2D eigenvalue weighted by molar-refractivity contribution is 6.33. The molecule has 0 unspecified atom stereocenters. The van der Waals surface area contributed by atoms with E-state index < -0.39 is 5.91 Å². The molecule has 0 aliphatic carbocycles. The number of aryl methyl sites for hydroxylation is 2. The quantitative estimate of drug-likeness (QED) is 0.736. The molecule has 2 N–H and O–H groups in total. The van der Waals surface area contributed by atoms with Crippen LogP contribution >= 0.6 is 11.6 Å². The van der Waals surface area contributed by atoms with Crippen molar-refractivity contribution in [2.75, 3.05) is 0 Å². The van der Waals surface area contributed by atoms with Crippen LogP contribution in [0.3, 0.4) is 0 Å². The van der Waals surface area contributed by atoms with E-state index in [2.05, 4.69) is 10.1 Å². The zero-order chi connectivity index (χ0) is 11.2. The lowest BCUT2D eigenvalue weighted by molar-refractivity contribution is 0.100. The Morgan fingerprint density at radius 2 is 2.27 bits per heavy atom. The van der Waals surface area contributed by atoms with E-state index in [9.17, 15) is 4.79 Å². The number of hydrogen-bond acceptors (Lipinski definition) is 3. The molecule has 6 heteroatoms. The summed E-state index contributed by atoms with van der Waals surface area (Å²) in [6, 6.07) is 1.62. The lowest BCUT2D eigenvalue weighted by Crippen LogP contribution is -2.12. The number of nitrogens with zero attached hydrogens (tertiary/aromatic N) is 3. The predicted molar refractivity (Wildman–Crippen MR) is 56.8 cm³/mol. The molecule has 0 saturated heterocycles. The fraction of sp³-hybridized carbons (Fsp3) is 0.222. The van der Waals surface area contributed by atoms with Gasteiger partial charge < -0.3 is 5.73 Å². The average molecular weight is 225 g/mol. The molecule has 78 valence electrons. The minimum Gasteiger partial charge on any atom is -0.366 e. The maximum absolute atomic E-state index is 11.1. The molecule has 0 bridgehead atoms. The largest absolute Gasteiger partial charge is 0.366 e. The molecule has 0 atom stereocenters. The van der Waals surface area contributed by atoms with Crippen LogP contribution in [0.15, 0.2) is 6.07 Å². The van der Waals surface area contributed by atoms with E-state index in [1.807, 2.05) is 6.92 Å². The number of nitrogens with two attached hydrogens (primary N) is 1. The molecule has 2 heterocycles. The van der Waals surface area contributed by atoms with Gasteiger partial charge >= 0.3 is 0 Å². The van der Waals surface area contributed by atoms with Gasteiger partial charge in [0.2, 0.25) is 0 Å². The van der Waals surface area contributed by atoms with Crippen molar-refractivity contribution in [3.8, 4) is 0 Å². The molecule has 1 amide bonds. The summed E-state index contributed by atoms with van der Waals surface area (Å²) in [6.45, 7) is 1.84. The Bertz CT molecular complexity index is 561. The Hall–Kier alpha value is -1.62. The van der Waals surface area contributed by atoms with E-state index in [0.717, 1.165) is 11.1 Å². The van der Waals surface area contributed by atoms with Crippen LogP contribution in [0, 0.1) is 6.92 Å². The van der Waals surface area contributed by atoms with E-state index in [-0.39, 0.29) is 10.7 Å². The fourth-order valence-electron chi connectivity index (χ4n) is 1.49. The smallest absolute Gasteiger partial charge is 0.251 e. The molecular weight excluding hydrogens is 216 g/mol. The maximum Gasteiger partial charge on any atom is 0.251 e. The Kier molecular flexibility index (Phi) is 2.12. The summed E-state index contributed by atoms with van der Waals surface area (Å²) >= 11 is 5.83. The predicted octanol–water partition coefficient (Wildman–Crippen LogP) is 1.03. The van der Waals surface area contributed by atoms with Gasteiger partial charge in [0.1, 0.15) is 5.15 Å². The molecule has 0 fully saturated rings. The third-order valence-corrected chi connectivity index (χ3v) is 2.51. The van der Waals surface area contributed by atoms with Crippen molar-refractivity contribution in [3.05, 3.63) is 22.5 Å². The first kappa shape index (κ1) is 9.92. The van der Waals surface area contributed by atoms with Gasteiger partial charge in [-0.05, 0) is 13.0 Å². The maximum atomic E-state index is 11.1. The minimum absolute atomic E-state index is 0.109. The lowest BCUT2D eigenvalue weighted by Gasteiger charge is -1.99. The van der Waals surface area contributed by atoms with Gasteiger partial charge in [0, 0.05) is 12.4 Å². The second-order valence-electron chi connectivity index (χ2n) is 3.27. The summed E-state index contributed by atoms with van der Waals surface area (Å²) in [5.41, 5.74) is 6.83. The number of aromatic nitrogens is 3. The summed E-state index contributed by atoms with van der Waals surface area (Å²) in [4.78, 5) is 15.1. The second kappa shape index (κ2) is 3.20. The van der Waals surface area contributed by atoms with Crippen molar-refractivity contribution in [3.63, 3.8) is 0 Å². The number of primary amides is 1. The van der Waals surface area contributed by atoms with Crippen LogP contribution in [0.25, 0.3) is 11.0 Å². The SMILES string of the molecule is Cc1nn(C)c2nc(Cl)c(C(N)=O)cc12. The van der Waals surface area contributed by atoms with E-state index in [1.165, 1.54) is 0 Å². The van der Waals surface area contributed by atoms with E-state index in [1.54, 1.807) is 17.8 Å². The first-order valence-electron chi connectivity index (χ1n) is 4.30. The van der Waals surface area contributed by atoms with Crippen molar-refractivity contribution in [1.29, 1.82) is 0 Å². The Morgan fingerprint density at radius 1 is 1.60 bits per heavy atom. The monoisotopic (exact) mass is 224 g/mol. The van der Waals surface area contributed by atoms with Crippen molar-refractivity contribution in [2.24, 2.45) is 12.8 Å². The third kappa shape index (κ3) is 1.45. The molecule has 2 rings (SSSR count). The Balaban J connectivity index is 2.85. The van der Waals surface area contributed by atoms with Gasteiger partial charge in [0.15, 0.2) is 5.65 Å². The van der Waals surface area contributed by atoms with Crippen LogP contribution in [0.4, 0.5) is 0 Å². The molecule has 5 nitrogen and oxygen atoms in total. The third-order valence-electron chi connectivity index (χ3n) is 2.22. The van der Waals surface area contributed by atoms with Gasteiger partial charge in [-0.2, -0.15) is 5.10 Å². The number of pyridine rings is 1. The van der Waals surface area contributed by atoms with Gasteiger partial charge in [0.25, 0.3) is 5.91 Å². The summed E-state index contributed by atoms with van der Waals surface area (Å²) in [6.07, 6.45) is 0. The normalized spacial score (nSPS) is 10.9. The fourth-order valence-corrected chi connectivity index (χ4v) is 1.72. The molecule has 0 radical (unpaired) electrons. The zero-order valence-corrected chi connectivity index (χ0v) is 9.04. The van der Waals surface area contributed by atoms with Crippen LogP contribution in [-0.2, 0) is 7.05 Å². The highest BCUT2D eigenvalue weighted by Crippen LogP contribution is 2.21. The first-order valence-corrected chi connectivity index (χ1v) is 4.68. The van der Waals surface area contributed by atoms with Gasteiger partial charge in [-0.3, -0.25) is 9.48 Å². The van der Waals surface area contributed by atoms with Crippen LogP contribution in [0.5, 0.6) is 0 Å². The lowest BCUT2D eigenvalue weighted by atomic mass is 10.2. The van der Waals surface area contributed by atoms with Gasteiger partial charge in [-0.15, -0.1) is 0 Å². The average Bonchev–Trinajstić information content (AvgIpc) is 2.41. The summed E-state index contributed by atoms with van der Waals surface area (Å²) < 4.78 is 1.61. The molecule has 2 aromatic rings. The van der Waals surface area contributed by atoms with Crippen LogP contribution in [0.1, 0.15) is 16.1 Å². The van der Waals surface area contributed by atoms with Crippen LogP contribution in [-0.4, -0.2) is 20.7 Å². The molecule has 15 heavy (non-hydrogen) atoms. The summed E-state index contributed by atoms with van der Waals surface area (Å²) in [5, 5.41) is 5.07. The highest BCUT2D eigenvalue weighted by atomic mass is 35.5. The highest BCUT2D eigenvalue weighted by Gasteiger charge is 2.14. The van der Waals surface area contributed by atoms with E-state index in [4.69, 9.17) is 17.3 Å². The summed E-state index contributed by atoms with van der Waals surface area (Å²) in [7, 11) is 1.77. The molecule has 0 aliphatic heterocycles. The number of carbonyl (C=O) groups is 1. The van der Waals surface area contributed by atoms with Crippen molar-refractivity contribution >= 4 is 28.5 Å². The Morgan fingerprint density at radius 3 is 2.87 bits per heavy atom. The topological polar surface area (TPSA) is 73.8 Å². The number of hydrogen-bond donors (Lipinski definition) is 1. The van der Waals surface area contributed by atoms with E-state index in [0.29, 0.717) is 5.65 Å². The van der Waals surface area contributed by atoms with Gasteiger partial charge in [-0.25, -0.2) is 4.98 Å².